The van der Waals surface area contributed by atoms with E-state index in [0.29, 0.717) is 17.7 Å². The second-order valence-corrected chi connectivity index (χ2v) is 4.84. The lowest BCUT2D eigenvalue weighted by atomic mass is 10.1. The SMILES string of the molecule is Nc1ccc(O)cc1CN[C@@H](Cc1ccccc1)C(=O)O. The Morgan fingerprint density at radius 3 is 2.57 bits per heavy atom. The molecule has 0 fully saturated rings. The number of anilines is 1. The zero-order chi connectivity index (χ0) is 15.2. The largest absolute Gasteiger partial charge is 0.508 e. The van der Waals surface area contributed by atoms with Crippen LogP contribution in [-0.2, 0) is 17.8 Å². The van der Waals surface area contributed by atoms with Gasteiger partial charge in [0.1, 0.15) is 11.8 Å². The van der Waals surface area contributed by atoms with Crippen LogP contribution in [0.3, 0.4) is 0 Å². The third-order valence-corrected chi connectivity index (χ3v) is 3.25. The minimum atomic E-state index is -0.919. The van der Waals surface area contributed by atoms with Gasteiger partial charge in [-0.3, -0.25) is 10.1 Å². The molecule has 0 aromatic heterocycles. The summed E-state index contributed by atoms with van der Waals surface area (Å²) in [5, 5.41) is 21.7. The number of benzene rings is 2. The lowest BCUT2D eigenvalue weighted by Gasteiger charge is -2.15. The number of nitrogens with one attached hydrogen (secondary N) is 1. The molecule has 21 heavy (non-hydrogen) atoms. The summed E-state index contributed by atoms with van der Waals surface area (Å²) in [5.41, 5.74) is 7.94. The van der Waals surface area contributed by atoms with Gasteiger partial charge < -0.3 is 15.9 Å². The number of phenolic OH excluding ortho intramolecular Hbond substituents is 1. The van der Waals surface area contributed by atoms with Crippen molar-refractivity contribution in [1.82, 2.24) is 5.32 Å². The maximum Gasteiger partial charge on any atom is 0.321 e. The first-order valence-corrected chi connectivity index (χ1v) is 6.63. The van der Waals surface area contributed by atoms with Gasteiger partial charge in [-0.05, 0) is 35.7 Å². The highest BCUT2D eigenvalue weighted by Gasteiger charge is 2.17. The lowest BCUT2D eigenvalue weighted by Crippen LogP contribution is -2.38. The first-order chi connectivity index (χ1) is 10.1. The summed E-state index contributed by atoms with van der Waals surface area (Å²) in [7, 11) is 0. The Morgan fingerprint density at radius 2 is 1.90 bits per heavy atom. The molecule has 0 aliphatic heterocycles. The minimum absolute atomic E-state index is 0.107. The predicted molar refractivity (Wildman–Crippen MR) is 80.9 cm³/mol. The van der Waals surface area contributed by atoms with Crippen LogP contribution in [0.4, 0.5) is 5.69 Å². The highest BCUT2D eigenvalue weighted by atomic mass is 16.4. The Bertz CT molecular complexity index is 614. The maximum atomic E-state index is 11.3. The molecule has 0 aliphatic carbocycles. The summed E-state index contributed by atoms with van der Waals surface area (Å²) in [5.74, 6) is -0.812. The molecular formula is C16H18N2O3. The van der Waals surface area contributed by atoms with Gasteiger partial charge in [-0.25, -0.2) is 0 Å². The standard InChI is InChI=1S/C16H18N2O3/c17-14-7-6-13(19)9-12(14)10-18-15(16(20)21)8-11-4-2-1-3-5-11/h1-7,9,15,18-19H,8,10,17H2,(H,20,21)/t15-/m0/s1. The third-order valence-electron chi connectivity index (χ3n) is 3.25. The Morgan fingerprint density at radius 1 is 1.19 bits per heavy atom. The van der Waals surface area contributed by atoms with E-state index in [1.165, 1.54) is 12.1 Å². The van der Waals surface area contributed by atoms with E-state index in [0.717, 1.165) is 5.56 Å². The van der Waals surface area contributed by atoms with Crippen molar-refractivity contribution in [3.8, 4) is 5.75 Å². The van der Waals surface area contributed by atoms with Crippen molar-refractivity contribution < 1.29 is 15.0 Å². The van der Waals surface area contributed by atoms with Gasteiger partial charge in [-0.2, -0.15) is 0 Å². The number of carboxylic acids is 1. The van der Waals surface area contributed by atoms with Gasteiger partial charge in [0.15, 0.2) is 0 Å². The summed E-state index contributed by atoms with van der Waals surface area (Å²) < 4.78 is 0. The van der Waals surface area contributed by atoms with Crippen molar-refractivity contribution in [3.05, 3.63) is 59.7 Å². The van der Waals surface area contributed by atoms with Crippen LogP contribution in [0.15, 0.2) is 48.5 Å². The van der Waals surface area contributed by atoms with E-state index in [1.54, 1.807) is 6.07 Å². The van der Waals surface area contributed by atoms with Crippen molar-refractivity contribution >= 4 is 11.7 Å². The van der Waals surface area contributed by atoms with Crippen molar-refractivity contribution in [2.75, 3.05) is 5.73 Å². The molecule has 0 saturated carbocycles. The highest BCUT2D eigenvalue weighted by molar-refractivity contribution is 5.74. The average molecular weight is 286 g/mol. The Kier molecular flexibility index (Phi) is 4.79. The van der Waals surface area contributed by atoms with E-state index in [9.17, 15) is 15.0 Å². The number of hydrogen-bond acceptors (Lipinski definition) is 4. The summed E-state index contributed by atoms with van der Waals surface area (Å²) in [4.78, 5) is 11.3. The smallest absolute Gasteiger partial charge is 0.321 e. The molecule has 0 aliphatic rings. The molecule has 0 heterocycles. The van der Waals surface area contributed by atoms with Crippen LogP contribution in [0, 0.1) is 0 Å². The molecule has 0 bridgehead atoms. The molecule has 5 nitrogen and oxygen atoms in total. The molecule has 110 valence electrons. The van der Waals surface area contributed by atoms with Gasteiger partial charge in [0, 0.05) is 12.2 Å². The van der Waals surface area contributed by atoms with Crippen LogP contribution in [0.25, 0.3) is 0 Å². The molecule has 2 rings (SSSR count). The van der Waals surface area contributed by atoms with Crippen LogP contribution in [0.5, 0.6) is 5.75 Å². The van der Waals surface area contributed by atoms with Gasteiger partial charge in [-0.15, -0.1) is 0 Å². The number of hydrogen-bond donors (Lipinski definition) is 4. The van der Waals surface area contributed by atoms with E-state index in [-0.39, 0.29) is 12.3 Å². The minimum Gasteiger partial charge on any atom is -0.508 e. The number of rotatable bonds is 6. The molecular weight excluding hydrogens is 268 g/mol. The summed E-state index contributed by atoms with van der Waals surface area (Å²) in [6.45, 7) is 0.282. The van der Waals surface area contributed by atoms with Crippen molar-refractivity contribution in [1.29, 1.82) is 0 Å². The number of nitrogens with two attached hydrogens (primary N) is 1. The fourth-order valence-electron chi connectivity index (χ4n) is 2.07. The number of aliphatic carboxylic acids is 1. The normalized spacial score (nSPS) is 12.0. The first kappa shape index (κ1) is 14.9. The van der Waals surface area contributed by atoms with Gasteiger partial charge in [-0.1, -0.05) is 30.3 Å². The van der Waals surface area contributed by atoms with Crippen LogP contribution in [0.2, 0.25) is 0 Å². The summed E-state index contributed by atoms with van der Waals surface area (Å²) in [6.07, 6.45) is 0.384. The number of aromatic hydroxyl groups is 1. The molecule has 0 amide bonds. The van der Waals surface area contributed by atoms with Crippen LogP contribution < -0.4 is 11.1 Å². The van der Waals surface area contributed by atoms with Crippen LogP contribution in [-0.4, -0.2) is 22.2 Å². The summed E-state index contributed by atoms with van der Waals surface area (Å²) in [6, 6.07) is 13.3. The Labute approximate surface area is 123 Å². The second kappa shape index (κ2) is 6.76. The average Bonchev–Trinajstić information content (AvgIpc) is 2.47. The topological polar surface area (TPSA) is 95.6 Å². The zero-order valence-corrected chi connectivity index (χ0v) is 11.5. The molecule has 0 radical (unpaired) electrons. The van der Waals surface area contributed by atoms with Crippen molar-refractivity contribution in [2.24, 2.45) is 0 Å². The molecule has 0 unspecified atom stereocenters. The monoisotopic (exact) mass is 286 g/mol. The van der Waals surface area contributed by atoms with Gasteiger partial charge >= 0.3 is 5.97 Å². The zero-order valence-electron chi connectivity index (χ0n) is 11.5. The molecule has 2 aromatic rings. The van der Waals surface area contributed by atoms with E-state index in [2.05, 4.69) is 5.32 Å². The van der Waals surface area contributed by atoms with Gasteiger partial charge in [0.25, 0.3) is 0 Å². The van der Waals surface area contributed by atoms with E-state index in [1.807, 2.05) is 30.3 Å². The van der Waals surface area contributed by atoms with Crippen LogP contribution in [0.1, 0.15) is 11.1 Å². The van der Waals surface area contributed by atoms with Gasteiger partial charge in [0.2, 0.25) is 0 Å². The van der Waals surface area contributed by atoms with Crippen LogP contribution >= 0.6 is 0 Å². The fourth-order valence-corrected chi connectivity index (χ4v) is 2.07. The first-order valence-electron chi connectivity index (χ1n) is 6.63. The predicted octanol–water partition coefficient (Wildman–Crippen LogP) is 1.76. The summed E-state index contributed by atoms with van der Waals surface area (Å²) >= 11 is 0. The third kappa shape index (κ3) is 4.22. The van der Waals surface area contributed by atoms with E-state index < -0.39 is 12.0 Å². The van der Waals surface area contributed by atoms with E-state index in [4.69, 9.17) is 5.73 Å². The lowest BCUT2D eigenvalue weighted by molar-refractivity contribution is -0.139. The Hall–Kier alpha value is -2.53. The Balaban J connectivity index is 2.03. The molecule has 1 atom stereocenters. The van der Waals surface area contributed by atoms with E-state index >= 15 is 0 Å². The maximum absolute atomic E-state index is 11.3. The molecule has 2 aromatic carbocycles. The fraction of sp³-hybridized carbons (Fsp3) is 0.188. The quantitative estimate of drug-likeness (QED) is 0.479. The molecule has 0 spiro atoms. The van der Waals surface area contributed by atoms with Crippen molar-refractivity contribution in [3.63, 3.8) is 0 Å². The molecule has 0 saturated heterocycles. The molecule has 5 heteroatoms. The highest BCUT2D eigenvalue weighted by Crippen LogP contribution is 2.18. The number of nitrogen functional groups attached to an aromatic ring is 1. The number of carboxylic acid groups (broad SMARTS) is 1. The second-order valence-electron chi connectivity index (χ2n) is 4.84. The van der Waals surface area contributed by atoms with Gasteiger partial charge in [0.05, 0.1) is 0 Å². The number of carbonyl (C=O) groups is 1. The number of phenols is 1. The molecule has 5 N–H and O–H groups in total. The van der Waals surface area contributed by atoms with Crippen molar-refractivity contribution in [2.45, 2.75) is 19.0 Å².